The highest BCUT2D eigenvalue weighted by molar-refractivity contribution is 6.32. The van der Waals surface area contributed by atoms with E-state index in [9.17, 15) is 10.1 Å². The predicted octanol–water partition coefficient (Wildman–Crippen LogP) is 2.59. The van der Waals surface area contributed by atoms with Gasteiger partial charge in [0, 0.05) is 11.1 Å². The molecule has 0 aromatic heterocycles. The van der Waals surface area contributed by atoms with Crippen LogP contribution in [-0.4, -0.2) is 4.92 Å². The van der Waals surface area contributed by atoms with Crippen LogP contribution >= 0.6 is 11.6 Å². The van der Waals surface area contributed by atoms with Crippen LogP contribution in [-0.2, 0) is 0 Å². The van der Waals surface area contributed by atoms with E-state index in [1.54, 1.807) is 24.3 Å². The molecule has 0 aliphatic heterocycles. The van der Waals surface area contributed by atoms with Crippen molar-refractivity contribution in [2.45, 2.75) is 0 Å². The molecule has 12 heavy (non-hydrogen) atoms. The maximum absolute atomic E-state index is 9.96. The number of halogens is 1. The third-order valence-corrected chi connectivity index (χ3v) is 1.63. The molecule has 0 atom stereocenters. The summed E-state index contributed by atoms with van der Waals surface area (Å²) in [6, 6.07) is 6.93. The van der Waals surface area contributed by atoms with Crippen molar-refractivity contribution in [3.05, 3.63) is 51.2 Å². The molecule has 0 unspecified atom stereocenters. The van der Waals surface area contributed by atoms with E-state index in [4.69, 9.17) is 11.6 Å². The minimum Gasteiger partial charge on any atom is -0.259 e. The average Bonchev–Trinajstić information content (AvgIpc) is 2.03. The van der Waals surface area contributed by atoms with Gasteiger partial charge in [-0.05, 0) is 11.6 Å². The minimum absolute atomic E-state index is 0.510. The minimum atomic E-state index is -0.524. The molecule has 0 fully saturated rings. The monoisotopic (exact) mass is 183 g/mol. The Morgan fingerprint density at radius 2 is 2.08 bits per heavy atom. The molecule has 1 aromatic carbocycles. The lowest BCUT2D eigenvalue weighted by Gasteiger charge is -1.93. The fourth-order valence-corrected chi connectivity index (χ4v) is 0.950. The first kappa shape index (κ1) is 8.74. The molecule has 1 rings (SSSR count). The van der Waals surface area contributed by atoms with Crippen LogP contribution in [0.2, 0.25) is 5.02 Å². The first-order valence-corrected chi connectivity index (χ1v) is 3.64. The molecule has 0 saturated heterocycles. The molecule has 1 aromatic rings. The smallest absolute Gasteiger partial charge is 0.235 e. The van der Waals surface area contributed by atoms with E-state index >= 15 is 0 Å². The molecule has 4 heteroatoms. The van der Waals surface area contributed by atoms with Crippen LogP contribution in [0.4, 0.5) is 0 Å². The van der Waals surface area contributed by atoms with Crippen LogP contribution in [0.1, 0.15) is 5.56 Å². The number of hydrogen-bond donors (Lipinski definition) is 0. The Morgan fingerprint density at radius 1 is 1.42 bits per heavy atom. The molecule has 0 amide bonds. The maximum atomic E-state index is 9.96. The molecular weight excluding hydrogens is 178 g/mol. The highest BCUT2D eigenvalue weighted by Gasteiger charge is 1.94. The molecule has 0 spiro atoms. The van der Waals surface area contributed by atoms with Gasteiger partial charge in [-0.3, -0.25) is 10.1 Å². The molecule has 0 N–H and O–H groups in total. The van der Waals surface area contributed by atoms with E-state index in [-0.39, 0.29) is 0 Å². The normalized spacial score (nSPS) is 10.4. The van der Waals surface area contributed by atoms with Gasteiger partial charge in [0.25, 0.3) is 0 Å². The van der Waals surface area contributed by atoms with Crippen LogP contribution in [0.5, 0.6) is 0 Å². The highest BCUT2D eigenvalue weighted by atomic mass is 35.5. The lowest BCUT2D eigenvalue weighted by atomic mass is 10.2. The van der Waals surface area contributed by atoms with E-state index < -0.39 is 4.92 Å². The first-order valence-electron chi connectivity index (χ1n) is 3.26. The van der Waals surface area contributed by atoms with E-state index in [1.165, 1.54) is 6.08 Å². The Hall–Kier alpha value is -1.35. The Kier molecular flexibility index (Phi) is 2.82. The Labute approximate surface area is 74.4 Å². The van der Waals surface area contributed by atoms with Crippen LogP contribution in [0.3, 0.4) is 0 Å². The Bertz CT molecular complexity index is 323. The largest absolute Gasteiger partial charge is 0.259 e. The van der Waals surface area contributed by atoms with Gasteiger partial charge in [0.1, 0.15) is 0 Å². The summed E-state index contributed by atoms with van der Waals surface area (Å²) in [6.45, 7) is 0. The van der Waals surface area contributed by atoms with Crippen molar-refractivity contribution in [1.82, 2.24) is 0 Å². The zero-order valence-corrected chi connectivity index (χ0v) is 6.86. The second-order valence-corrected chi connectivity index (χ2v) is 2.53. The predicted molar refractivity (Wildman–Crippen MR) is 47.5 cm³/mol. The highest BCUT2D eigenvalue weighted by Crippen LogP contribution is 2.15. The molecule has 0 aliphatic rings. The van der Waals surface area contributed by atoms with E-state index in [1.807, 2.05) is 0 Å². The Balaban J connectivity index is 2.89. The molecule has 0 radical (unpaired) electrons. The number of rotatable bonds is 2. The number of hydrogen-bond acceptors (Lipinski definition) is 2. The van der Waals surface area contributed by atoms with Gasteiger partial charge >= 0.3 is 0 Å². The van der Waals surface area contributed by atoms with Crippen molar-refractivity contribution in [1.29, 1.82) is 0 Å². The molecular formula is C8H6ClNO2. The molecule has 62 valence electrons. The fourth-order valence-electron chi connectivity index (χ4n) is 0.751. The topological polar surface area (TPSA) is 43.1 Å². The van der Waals surface area contributed by atoms with Gasteiger partial charge in [-0.15, -0.1) is 0 Å². The molecule has 3 nitrogen and oxygen atoms in total. The summed E-state index contributed by atoms with van der Waals surface area (Å²) in [7, 11) is 0. The molecule has 0 heterocycles. The summed E-state index contributed by atoms with van der Waals surface area (Å²) in [4.78, 5) is 9.44. The van der Waals surface area contributed by atoms with Crippen molar-refractivity contribution in [2.75, 3.05) is 0 Å². The van der Waals surface area contributed by atoms with Crippen LogP contribution in [0.25, 0.3) is 6.08 Å². The fraction of sp³-hybridized carbons (Fsp3) is 0. The van der Waals surface area contributed by atoms with Gasteiger partial charge in [-0.2, -0.15) is 0 Å². The summed E-state index contributed by atoms with van der Waals surface area (Å²) in [6.07, 6.45) is 2.23. The van der Waals surface area contributed by atoms with Crippen molar-refractivity contribution in [3.63, 3.8) is 0 Å². The lowest BCUT2D eigenvalue weighted by Crippen LogP contribution is -1.82. The van der Waals surface area contributed by atoms with Crippen LogP contribution in [0.15, 0.2) is 30.5 Å². The van der Waals surface area contributed by atoms with E-state index in [0.717, 1.165) is 6.20 Å². The molecule has 0 saturated carbocycles. The van der Waals surface area contributed by atoms with Gasteiger partial charge in [0.2, 0.25) is 6.20 Å². The molecule has 0 bridgehead atoms. The summed E-state index contributed by atoms with van der Waals surface area (Å²) in [5.74, 6) is 0. The van der Waals surface area contributed by atoms with Gasteiger partial charge < -0.3 is 0 Å². The lowest BCUT2D eigenvalue weighted by molar-refractivity contribution is -0.400. The SMILES string of the molecule is O=[N+]([O-])C=Cc1ccccc1Cl. The summed E-state index contributed by atoms with van der Waals surface area (Å²) >= 11 is 5.73. The number of nitrogens with zero attached hydrogens (tertiary/aromatic N) is 1. The summed E-state index contributed by atoms with van der Waals surface area (Å²) in [5, 5.41) is 10.5. The quantitative estimate of drug-likeness (QED) is 0.523. The van der Waals surface area contributed by atoms with Crippen LogP contribution < -0.4 is 0 Å². The number of nitro groups is 1. The zero-order valence-electron chi connectivity index (χ0n) is 6.11. The Morgan fingerprint density at radius 3 is 2.67 bits per heavy atom. The van der Waals surface area contributed by atoms with Crippen molar-refractivity contribution >= 4 is 17.7 Å². The third kappa shape index (κ3) is 2.36. The van der Waals surface area contributed by atoms with Gasteiger partial charge in [-0.1, -0.05) is 29.8 Å². The second kappa shape index (κ2) is 3.88. The summed E-state index contributed by atoms with van der Waals surface area (Å²) < 4.78 is 0. The van der Waals surface area contributed by atoms with Gasteiger partial charge in [0.05, 0.1) is 4.92 Å². The van der Waals surface area contributed by atoms with Crippen LogP contribution in [0, 0.1) is 10.1 Å². The second-order valence-electron chi connectivity index (χ2n) is 2.12. The van der Waals surface area contributed by atoms with Gasteiger partial charge in [0.15, 0.2) is 0 Å². The van der Waals surface area contributed by atoms with E-state index in [0.29, 0.717) is 10.6 Å². The zero-order chi connectivity index (χ0) is 8.97. The molecule has 0 aliphatic carbocycles. The number of benzene rings is 1. The first-order chi connectivity index (χ1) is 5.70. The average molecular weight is 184 g/mol. The summed E-state index contributed by atoms with van der Waals surface area (Å²) in [5.41, 5.74) is 0.649. The van der Waals surface area contributed by atoms with Crippen molar-refractivity contribution < 1.29 is 4.92 Å². The van der Waals surface area contributed by atoms with Crippen molar-refractivity contribution in [3.8, 4) is 0 Å². The van der Waals surface area contributed by atoms with Gasteiger partial charge in [-0.25, -0.2) is 0 Å². The maximum Gasteiger partial charge on any atom is 0.235 e. The van der Waals surface area contributed by atoms with Crippen molar-refractivity contribution in [2.24, 2.45) is 0 Å². The van der Waals surface area contributed by atoms with E-state index in [2.05, 4.69) is 0 Å². The standard InChI is InChI=1S/C8H6ClNO2/c9-8-4-2-1-3-7(8)5-6-10(11)12/h1-6H. The third-order valence-electron chi connectivity index (χ3n) is 1.28.